The molecule has 0 radical (unpaired) electrons. The molecule has 1 aromatic heterocycles. The molecule has 26 heavy (non-hydrogen) atoms. The summed E-state index contributed by atoms with van der Waals surface area (Å²) < 4.78 is 5.44. The van der Waals surface area contributed by atoms with Gasteiger partial charge < -0.3 is 14.2 Å². The number of furan rings is 1. The summed E-state index contributed by atoms with van der Waals surface area (Å²) >= 11 is 0. The van der Waals surface area contributed by atoms with E-state index in [9.17, 15) is 9.59 Å². The fourth-order valence-corrected chi connectivity index (χ4v) is 3.68. The normalized spacial score (nSPS) is 22.2. The molecule has 0 aromatic carbocycles. The van der Waals surface area contributed by atoms with Crippen LogP contribution < -0.4 is 0 Å². The van der Waals surface area contributed by atoms with Gasteiger partial charge in [-0.2, -0.15) is 0 Å². The molecule has 0 bridgehead atoms. The molecule has 6 heteroatoms. The van der Waals surface area contributed by atoms with E-state index >= 15 is 0 Å². The first-order chi connectivity index (χ1) is 12.5. The van der Waals surface area contributed by atoms with Crippen LogP contribution in [-0.4, -0.2) is 71.8 Å². The number of rotatable bonds is 4. The summed E-state index contributed by atoms with van der Waals surface area (Å²) in [6.45, 7) is 8.17. The quantitative estimate of drug-likeness (QED) is 0.773. The largest absolute Gasteiger partial charge is 0.462 e. The molecule has 1 aromatic rings. The van der Waals surface area contributed by atoms with E-state index in [0.29, 0.717) is 31.4 Å². The second-order valence-electron chi connectivity index (χ2n) is 7.32. The molecule has 6 nitrogen and oxygen atoms in total. The number of amides is 2. The molecule has 0 unspecified atom stereocenters. The number of carbonyl (C=O) groups is 2. The van der Waals surface area contributed by atoms with Crippen LogP contribution in [0.25, 0.3) is 6.08 Å². The van der Waals surface area contributed by atoms with Crippen molar-refractivity contribution in [1.82, 2.24) is 14.7 Å². The lowest BCUT2D eigenvalue weighted by Gasteiger charge is -2.37. The van der Waals surface area contributed by atoms with E-state index in [1.807, 2.05) is 28.9 Å². The monoisotopic (exact) mass is 359 g/mol. The fourth-order valence-electron chi connectivity index (χ4n) is 3.68. The number of hydrogen-bond acceptors (Lipinski definition) is 4. The number of nitrogens with zero attached hydrogens (tertiary/aromatic N) is 3. The van der Waals surface area contributed by atoms with Crippen molar-refractivity contribution in [2.24, 2.45) is 0 Å². The van der Waals surface area contributed by atoms with Crippen molar-refractivity contribution < 1.29 is 14.0 Å². The van der Waals surface area contributed by atoms with Crippen molar-refractivity contribution in [3.8, 4) is 0 Å². The Morgan fingerprint density at radius 2 is 1.92 bits per heavy atom. The third kappa shape index (κ3) is 4.75. The smallest absolute Gasteiger partial charge is 0.246 e. The molecule has 2 saturated heterocycles. The van der Waals surface area contributed by atoms with Gasteiger partial charge >= 0.3 is 0 Å². The van der Waals surface area contributed by atoms with Gasteiger partial charge in [-0.1, -0.05) is 0 Å². The molecule has 2 aliphatic heterocycles. The van der Waals surface area contributed by atoms with Crippen LogP contribution in [0.5, 0.6) is 0 Å². The van der Waals surface area contributed by atoms with Gasteiger partial charge in [-0.15, -0.1) is 0 Å². The van der Waals surface area contributed by atoms with Gasteiger partial charge in [0.25, 0.3) is 0 Å². The minimum absolute atomic E-state index is 0.00492. The first kappa shape index (κ1) is 18.7. The summed E-state index contributed by atoms with van der Waals surface area (Å²) in [5.41, 5.74) is 0. The molecule has 142 valence electrons. The summed E-state index contributed by atoms with van der Waals surface area (Å²) in [6.07, 6.45) is 6.71. The number of hydrogen-bond donors (Lipinski definition) is 0. The van der Waals surface area contributed by atoms with Gasteiger partial charge in [0.15, 0.2) is 0 Å². The maximum Gasteiger partial charge on any atom is 0.246 e. The van der Waals surface area contributed by atoms with E-state index in [1.54, 1.807) is 12.2 Å². The van der Waals surface area contributed by atoms with Crippen molar-refractivity contribution in [2.75, 3.05) is 39.3 Å². The predicted molar refractivity (Wildman–Crippen MR) is 101 cm³/mol. The highest BCUT2D eigenvalue weighted by Gasteiger charge is 2.26. The van der Waals surface area contributed by atoms with Crippen molar-refractivity contribution in [3.63, 3.8) is 0 Å². The molecule has 0 N–H and O–H groups in total. The Bertz CT molecular complexity index is 659. The lowest BCUT2D eigenvalue weighted by Crippen LogP contribution is -2.52. The van der Waals surface area contributed by atoms with Gasteiger partial charge in [-0.25, -0.2) is 0 Å². The molecule has 0 saturated carbocycles. The molecular formula is C20H29N3O3. The molecular weight excluding hydrogens is 330 g/mol. The summed E-state index contributed by atoms with van der Waals surface area (Å²) in [5, 5.41) is 0. The zero-order valence-corrected chi connectivity index (χ0v) is 15.8. The fraction of sp³-hybridized carbons (Fsp3) is 0.600. The van der Waals surface area contributed by atoms with Crippen LogP contribution in [0.15, 0.2) is 22.6 Å². The number of piperidine rings is 1. The predicted octanol–water partition coefficient (Wildman–Crippen LogP) is 2.15. The summed E-state index contributed by atoms with van der Waals surface area (Å²) in [4.78, 5) is 30.8. The van der Waals surface area contributed by atoms with Crippen molar-refractivity contribution in [3.05, 3.63) is 29.7 Å². The lowest BCUT2D eigenvalue weighted by molar-refractivity contribution is -0.136. The topological polar surface area (TPSA) is 57.0 Å². The van der Waals surface area contributed by atoms with E-state index < -0.39 is 0 Å². The highest BCUT2D eigenvalue weighted by atomic mass is 16.3. The third-order valence-electron chi connectivity index (χ3n) is 5.32. The minimum atomic E-state index is -0.00492. The van der Waals surface area contributed by atoms with Gasteiger partial charge in [0.2, 0.25) is 11.8 Å². The second-order valence-corrected chi connectivity index (χ2v) is 7.32. The van der Waals surface area contributed by atoms with Crippen LogP contribution in [0.2, 0.25) is 0 Å². The molecule has 2 fully saturated rings. The van der Waals surface area contributed by atoms with E-state index in [-0.39, 0.29) is 11.8 Å². The average molecular weight is 359 g/mol. The van der Waals surface area contributed by atoms with Gasteiger partial charge in [-0.05, 0) is 51.3 Å². The van der Waals surface area contributed by atoms with E-state index in [4.69, 9.17) is 4.42 Å². The Balaban J connectivity index is 1.44. The van der Waals surface area contributed by atoms with Gasteiger partial charge in [0.05, 0.1) is 6.54 Å². The van der Waals surface area contributed by atoms with Crippen LogP contribution >= 0.6 is 0 Å². The first-order valence-electron chi connectivity index (χ1n) is 9.58. The van der Waals surface area contributed by atoms with Crippen molar-refractivity contribution in [2.45, 2.75) is 39.2 Å². The number of likely N-dealkylation sites (tertiary alicyclic amines) is 1. The highest BCUT2D eigenvalue weighted by molar-refractivity contribution is 5.91. The van der Waals surface area contributed by atoms with Crippen molar-refractivity contribution in [1.29, 1.82) is 0 Å². The zero-order chi connectivity index (χ0) is 18.5. The lowest BCUT2D eigenvalue weighted by atomic mass is 10.0. The standard InChI is InChI=1S/C20H29N3O3/c1-16-5-3-4-10-23(16)20(25)15-21-11-13-22(14-12-21)19(24)9-8-18-7-6-17(2)26-18/h6-9,16H,3-5,10-15H2,1-2H3/b9-8-/t16-/m1/s1. The Morgan fingerprint density at radius 3 is 2.58 bits per heavy atom. The van der Waals surface area contributed by atoms with Crippen LogP contribution in [0.4, 0.5) is 0 Å². The molecule has 1 atom stereocenters. The Kier molecular flexibility index (Phi) is 6.14. The Hall–Kier alpha value is -2.08. The molecule has 0 aliphatic carbocycles. The SMILES string of the molecule is Cc1ccc(/C=C\C(=O)N2CCN(CC(=O)N3CCCC[C@H]3C)CC2)o1. The van der Waals surface area contributed by atoms with Gasteiger partial charge in [-0.3, -0.25) is 14.5 Å². The van der Waals surface area contributed by atoms with E-state index in [0.717, 1.165) is 38.2 Å². The van der Waals surface area contributed by atoms with Crippen LogP contribution in [0, 0.1) is 6.92 Å². The number of aryl methyl sites for hydroxylation is 1. The second kappa shape index (κ2) is 8.54. The zero-order valence-electron chi connectivity index (χ0n) is 15.8. The number of carbonyl (C=O) groups excluding carboxylic acids is 2. The Labute approximate surface area is 155 Å². The molecule has 2 aliphatic rings. The van der Waals surface area contributed by atoms with E-state index in [2.05, 4.69) is 11.8 Å². The van der Waals surface area contributed by atoms with Crippen LogP contribution in [0.1, 0.15) is 37.7 Å². The molecule has 3 rings (SSSR count). The Morgan fingerprint density at radius 1 is 1.15 bits per heavy atom. The molecule has 2 amide bonds. The maximum atomic E-state index is 12.5. The first-order valence-corrected chi connectivity index (χ1v) is 9.58. The minimum Gasteiger partial charge on any atom is -0.462 e. The van der Waals surface area contributed by atoms with Gasteiger partial charge in [0.1, 0.15) is 11.5 Å². The summed E-state index contributed by atoms with van der Waals surface area (Å²) in [7, 11) is 0. The van der Waals surface area contributed by atoms with E-state index in [1.165, 1.54) is 6.42 Å². The van der Waals surface area contributed by atoms with Crippen LogP contribution in [0.3, 0.4) is 0 Å². The third-order valence-corrected chi connectivity index (χ3v) is 5.32. The van der Waals surface area contributed by atoms with Gasteiger partial charge in [0, 0.05) is 44.8 Å². The van der Waals surface area contributed by atoms with Crippen molar-refractivity contribution >= 4 is 17.9 Å². The average Bonchev–Trinajstić information content (AvgIpc) is 3.06. The molecule has 3 heterocycles. The maximum absolute atomic E-state index is 12.5. The summed E-state index contributed by atoms with van der Waals surface area (Å²) in [6, 6.07) is 4.09. The molecule has 0 spiro atoms. The number of piperazine rings is 1. The summed E-state index contributed by atoms with van der Waals surface area (Å²) in [5.74, 6) is 1.74. The highest BCUT2D eigenvalue weighted by Crippen LogP contribution is 2.17. The van der Waals surface area contributed by atoms with Crippen LogP contribution in [-0.2, 0) is 9.59 Å².